The fourth-order valence-corrected chi connectivity index (χ4v) is 2.94. The van der Waals surface area contributed by atoms with Crippen LogP contribution in [-0.2, 0) is 6.54 Å². The van der Waals surface area contributed by atoms with E-state index in [4.69, 9.17) is 0 Å². The number of hydrogen-bond acceptors (Lipinski definition) is 0. The topological polar surface area (TPSA) is 0 Å². The minimum Gasteiger partial charge on any atom is -0.316 e. The molecule has 0 spiro atoms. The molecule has 1 nitrogen and oxygen atoms in total. The molecule has 1 aliphatic rings. The van der Waals surface area contributed by atoms with Crippen LogP contribution >= 0.6 is 0 Å². The molecule has 1 heterocycles. The van der Waals surface area contributed by atoms with Gasteiger partial charge in [0.1, 0.15) is 6.54 Å². The number of likely N-dealkylation sites (tertiary alicyclic amines) is 1. The van der Waals surface area contributed by atoms with Gasteiger partial charge in [-0.1, -0.05) is 30.3 Å². The Labute approximate surface area is 99.7 Å². The molecular formula is C15H24N+. The van der Waals surface area contributed by atoms with Gasteiger partial charge in [-0.2, -0.15) is 0 Å². The van der Waals surface area contributed by atoms with Crippen LogP contribution in [0.5, 0.6) is 0 Å². The lowest BCUT2D eigenvalue weighted by molar-refractivity contribution is -0.972. The lowest BCUT2D eigenvalue weighted by Gasteiger charge is -2.46. The zero-order chi connectivity index (χ0) is 11.6. The summed E-state index contributed by atoms with van der Waals surface area (Å²) in [6.07, 6.45) is 2.79. The van der Waals surface area contributed by atoms with Gasteiger partial charge in [0.15, 0.2) is 0 Å². The fourth-order valence-electron chi connectivity index (χ4n) is 2.94. The summed E-state index contributed by atoms with van der Waals surface area (Å²) >= 11 is 0. The number of nitrogens with zero attached hydrogens (tertiary/aromatic N) is 1. The molecule has 2 rings (SSSR count). The van der Waals surface area contributed by atoms with Crippen molar-refractivity contribution >= 4 is 0 Å². The van der Waals surface area contributed by atoms with Crippen LogP contribution in [0.4, 0.5) is 0 Å². The van der Waals surface area contributed by atoms with Crippen molar-refractivity contribution in [3.05, 3.63) is 35.9 Å². The summed E-state index contributed by atoms with van der Waals surface area (Å²) in [4.78, 5) is 0. The molecule has 0 saturated carbocycles. The summed E-state index contributed by atoms with van der Waals surface area (Å²) in [6, 6.07) is 11.0. The molecule has 0 bridgehead atoms. The van der Waals surface area contributed by atoms with Gasteiger partial charge in [-0.15, -0.1) is 0 Å². The van der Waals surface area contributed by atoms with Crippen LogP contribution in [0.1, 0.15) is 39.2 Å². The first kappa shape index (κ1) is 11.7. The van der Waals surface area contributed by atoms with E-state index in [2.05, 4.69) is 51.1 Å². The second-order valence-electron chi connectivity index (χ2n) is 6.11. The normalized spacial score (nSPS) is 19.9. The summed E-state index contributed by atoms with van der Waals surface area (Å²) in [6.45, 7) is 11.1. The first-order chi connectivity index (χ1) is 7.54. The largest absolute Gasteiger partial charge is 0.316 e. The molecule has 0 aromatic heterocycles. The zero-order valence-electron chi connectivity index (χ0n) is 10.9. The highest BCUT2D eigenvalue weighted by Crippen LogP contribution is 2.33. The molecule has 1 aromatic rings. The molecule has 1 saturated heterocycles. The standard InChI is InChI=1S/C15H24N/c1-15(2,3)16(11-7-8-12-16)13-14-9-5-4-6-10-14/h4-6,9-10H,7-8,11-13H2,1-3H3/q+1. The zero-order valence-corrected chi connectivity index (χ0v) is 10.9. The maximum Gasteiger partial charge on any atom is 0.105 e. The molecule has 88 valence electrons. The number of rotatable bonds is 2. The van der Waals surface area contributed by atoms with Gasteiger partial charge in [0.05, 0.1) is 18.6 Å². The Morgan fingerprint density at radius 3 is 2.06 bits per heavy atom. The average Bonchev–Trinajstić information content (AvgIpc) is 2.68. The molecule has 1 aliphatic heterocycles. The van der Waals surface area contributed by atoms with Crippen LogP contribution in [0, 0.1) is 0 Å². The van der Waals surface area contributed by atoms with Crippen LogP contribution in [0.3, 0.4) is 0 Å². The Bertz CT molecular complexity index is 328. The summed E-state index contributed by atoms with van der Waals surface area (Å²) in [5.74, 6) is 0. The maximum atomic E-state index is 2.39. The Morgan fingerprint density at radius 2 is 1.56 bits per heavy atom. The van der Waals surface area contributed by atoms with Crippen LogP contribution < -0.4 is 0 Å². The highest BCUT2D eigenvalue weighted by Gasteiger charge is 2.42. The minimum absolute atomic E-state index is 0.367. The van der Waals surface area contributed by atoms with Gasteiger partial charge in [-0.3, -0.25) is 0 Å². The van der Waals surface area contributed by atoms with Crippen LogP contribution in [0.2, 0.25) is 0 Å². The highest BCUT2D eigenvalue weighted by atomic mass is 15.4. The van der Waals surface area contributed by atoms with E-state index >= 15 is 0 Å². The van der Waals surface area contributed by atoms with E-state index in [1.54, 1.807) is 0 Å². The number of benzene rings is 1. The van der Waals surface area contributed by atoms with E-state index in [1.807, 2.05) is 0 Å². The summed E-state index contributed by atoms with van der Waals surface area (Å²) in [7, 11) is 0. The first-order valence-corrected chi connectivity index (χ1v) is 6.44. The molecule has 1 aromatic carbocycles. The second-order valence-corrected chi connectivity index (χ2v) is 6.11. The van der Waals surface area contributed by atoms with Gasteiger partial charge in [0.2, 0.25) is 0 Å². The van der Waals surface area contributed by atoms with Crippen molar-refractivity contribution < 1.29 is 4.48 Å². The third-order valence-electron chi connectivity index (χ3n) is 4.17. The quantitative estimate of drug-likeness (QED) is 0.665. The van der Waals surface area contributed by atoms with Crippen molar-refractivity contribution in [1.29, 1.82) is 0 Å². The monoisotopic (exact) mass is 218 g/mol. The van der Waals surface area contributed by atoms with E-state index in [1.165, 1.54) is 42.5 Å². The fraction of sp³-hybridized carbons (Fsp3) is 0.600. The lowest BCUT2D eigenvalue weighted by Crippen LogP contribution is -2.57. The highest BCUT2D eigenvalue weighted by molar-refractivity contribution is 5.13. The number of hydrogen-bond donors (Lipinski definition) is 0. The SMILES string of the molecule is CC(C)(C)[N+]1(Cc2ccccc2)CCCC1. The number of quaternary nitrogens is 1. The van der Waals surface area contributed by atoms with E-state index < -0.39 is 0 Å². The van der Waals surface area contributed by atoms with E-state index in [9.17, 15) is 0 Å². The Balaban J connectivity index is 2.22. The van der Waals surface area contributed by atoms with E-state index in [0.717, 1.165) is 0 Å². The third kappa shape index (κ3) is 2.15. The summed E-state index contributed by atoms with van der Waals surface area (Å²) in [5.41, 5.74) is 1.85. The predicted octanol–water partition coefficient (Wildman–Crippen LogP) is 3.60. The molecular weight excluding hydrogens is 194 g/mol. The smallest absolute Gasteiger partial charge is 0.105 e. The summed E-state index contributed by atoms with van der Waals surface area (Å²) < 4.78 is 1.26. The van der Waals surface area contributed by atoms with Gasteiger partial charge < -0.3 is 4.48 Å². The van der Waals surface area contributed by atoms with Crippen molar-refractivity contribution in [2.75, 3.05) is 13.1 Å². The second kappa shape index (κ2) is 4.21. The predicted molar refractivity (Wildman–Crippen MR) is 69.1 cm³/mol. The van der Waals surface area contributed by atoms with Gasteiger partial charge >= 0.3 is 0 Å². The molecule has 1 heteroatoms. The summed E-state index contributed by atoms with van der Waals surface area (Å²) in [5, 5.41) is 0. The molecule has 0 amide bonds. The van der Waals surface area contributed by atoms with E-state index in [-0.39, 0.29) is 0 Å². The Hall–Kier alpha value is -0.820. The van der Waals surface area contributed by atoms with Crippen molar-refractivity contribution in [1.82, 2.24) is 0 Å². The van der Waals surface area contributed by atoms with Crippen LogP contribution in [0.15, 0.2) is 30.3 Å². The van der Waals surface area contributed by atoms with Gasteiger partial charge in [0, 0.05) is 18.4 Å². The molecule has 1 fully saturated rings. The van der Waals surface area contributed by atoms with Gasteiger partial charge in [0.25, 0.3) is 0 Å². The Morgan fingerprint density at radius 1 is 1.00 bits per heavy atom. The van der Waals surface area contributed by atoms with Crippen LogP contribution in [-0.4, -0.2) is 23.1 Å². The Kier molecular flexibility index (Phi) is 3.07. The molecule has 0 N–H and O–H groups in total. The van der Waals surface area contributed by atoms with Gasteiger partial charge in [-0.05, 0) is 20.8 Å². The molecule has 0 atom stereocenters. The first-order valence-electron chi connectivity index (χ1n) is 6.44. The van der Waals surface area contributed by atoms with Crippen molar-refractivity contribution in [3.8, 4) is 0 Å². The average molecular weight is 218 g/mol. The van der Waals surface area contributed by atoms with E-state index in [0.29, 0.717) is 5.54 Å². The van der Waals surface area contributed by atoms with Crippen molar-refractivity contribution in [2.45, 2.75) is 45.7 Å². The van der Waals surface area contributed by atoms with Crippen molar-refractivity contribution in [3.63, 3.8) is 0 Å². The molecule has 0 aliphatic carbocycles. The van der Waals surface area contributed by atoms with Crippen molar-refractivity contribution in [2.24, 2.45) is 0 Å². The van der Waals surface area contributed by atoms with Crippen LogP contribution in [0.25, 0.3) is 0 Å². The van der Waals surface area contributed by atoms with Gasteiger partial charge in [-0.25, -0.2) is 0 Å². The lowest BCUT2D eigenvalue weighted by atomic mass is 10.0. The molecule has 0 radical (unpaired) electrons. The third-order valence-corrected chi connectivity index (χ3v) is 4.17. The maximum absolute atomic E-state index is 2.39. The minimum atomic E-state index is 0.367. The molecule has 0 unspecified atom stereocenters. The molecule has 16 heavy (non-hydrogen) atoms.